The van der Waals surface area contributed by atoms with Gasteiger partial charge in [-0.25, -0.2) is 4.79 Å². The number of ether oxygens (including phenoxy) is 1. The first kappa shape index (κ1) is 12.8. The molecule has 0 aromatic heterocycles. The smallest absolute Gasteiger partial charge is 0.338 e. The second-order valence-corrected chi connectivity index (χ2v) is 4.75. The van der Waals surface area contributed by atoms with Gasteiger partial charge >= 0.3 is 5.97 Å². The van der Waals surface area contributed by atoms with Gasteiger partial charge in [-0.3, -0.25) is 4.79 Å². The highest BCUT2D eigenvalue weighted by Gasteiger charge is 2.36. The second-order valence-electron chi connectivity index (χ2n) is 4.75. The molecule has 1 aromatic carbocycles. The number of likely N-dealkylation sites (tertiary alicyclic amines) is 1. The molecule has 18 heavy (non-hydrogen) atoms. The molecule has 1 aliphatic heterocycles. The van der Waals surface area contributed by atoms with Gasteiger partial charge in [0.05, 0.1) is 11.5 Å². The van der Waals surface area contributed by atoms with Crippen molar-refractivity contribution in [3.8, 4) is 0 Å². The number of hydrogen-bond donors (Lipinski definition) is 0. The fraction of sp³-hybridized carbons (Fsp3) is 0.429. The fourth-order valence-electron chi connectivity index (χ4n) is 2.25. The van der Waals surface area contributed by atoms with Crippen molar-refractivity contribution in [1.29, 1.82) is 0 Å². The minimum Gasteiger partial charge on any atom is -0.457 e. The molecule has 2 atom stereocenters. The van der Waals surface area contributed by atoms with Gasteiger partial charge in [0, 0.05) is 13.1 Å². The lowest BCUT2D eigenvalue weighted by atomic mass is 10.0. The van der Waals surface area contributed by atoms with E-state index >= 15 is 0 Å². The van der Waals surface area contributed by atoms with E-state index in [0.29, 0.717) is 18.7 Å². The summed E-state index contributed by atoms with van der Waals surface area (Å²) >= 11 is 0. The summed E-state index contributed by atoms with van der Waals surface area (Å²) in [5.41, 5.74) is 0.523. The van der Waals surface area contributed by atoms with Crippen LogP contribution < -0.4 is 0 Å². The van der Waals surface area contributed by atoms with Gasteiger partial charge in [-0.2, -0.15) is 0 Å². The Morgan fingerprint density at radius 3 is 2.50 bits per heavy atom. The maximum atomic E-state index is 11.9. The molecule has 1 fully saturated rings. The summed E-state index contributed by atoms with van der Waals surface area (Å²) in [7, 11) is 1.92. The summed E-state index contributed by atoms with van der Waals surface area (Å²) in [6, 6.07) is 8.85. The van der Waals surface area contributed by atoms with Crippen molar-refractivity contribution in [2.24, 2.45) is 5.92 Å². The van der Waals surface area contributed by atoms with E-state index < -0.39 is 0 Å². The van der Waals surface area contributed by atoms with Crippen molar-refractivity contribution in [1.82, 2.24) is 4.90 Å². The van der Waals surface area contributed by atoms with Crippen LogP contribution in [-0.2, 0) is 9.53 Å². The molecular formula is C14H17NO3. The molecule has 1 saturated heterocycles. The number of nitrogens with zero attached hydrogens (tertiary/aromatic N) is 1. The van der Waals surface area contributed by atoms with Crippen LogP contribution >= 0.6 is 0 Å². The van der Waals surface area contributed by atoms with Crippen LogP contribution in [0.15, 0.2) is 30.3 Å². The minimum atomic E-state index is -0.359. The quantitative estimate of drug-likeness (QED) is 0.757. The topological polar surface area (TPSA) is 46.6 Å². The van der Waals surface area contributed by atoms with Crippen molar-refractivity contribution in [2.45, 2.75) is 13.0 Å². The van der Waals surface area contributed by atoms with Crippen LogP contribution in [0.1, 0.15) is 17.3 Å². The number of carbonyl (C=O) groups excluding carboxylic acids is 2. The maximum Gasteiger partial charge on any atom is 0.338 e. The highest BCUT2D eigenvalue weighted by Crippen LogP contribution is 2.20. The number of carbonyl (C=O) groups is 2. The lowest BCUT2D eigenvalue weighted by Crippen LogP contribution is -2.30. The summed E-state index contributed by atoms with van der Waals surface area (Å²) < 4.78 is 5.44. The van der Waals surface area contributed by atoms with Crippen LogP contribution in [0, 0.1) is 5.92 Å². The van der Waals surface area contributed by atoms with Crippen molar-refractivity contribution >= 4 is 11.8 Å². The molecule has 0 saturated carbocycles. The van der Waals surface area contributed by atoms with Crippen LogP contribution in [0.3, 0.4) is 0 Å². The Morgan fingerprint density at radius 2 is 1.89 bits per heavy atom. The first-order valence-corrected chi connectivity index (χ1v) is 6.03. The van der Waals surface area contributed by atoms with Crippen molar-refractivity contribution in [2.75, 3.05) is 20.1 Å². The first-order chi connectivity index (χ1) is 8.58. The Kier molecular flexibility index (Phi) is 3.77. The van der Waals surface area contributed by atoms with Crippen molar-refractivity contribution in [3.05, 3.63) is 35.9 Å². The van der Waals surface area contributed by atoms with Crippen LogP contribution in [-0.4, -0.2) is 42.9 Å². The molecular weight excluding hydrogens is 230 g/mol. The van der Waals surface area contributed by atoms with Crippen molar-refractivity contribution < 1.29 is 14.3 Å². The SMILES string of the molecule is CC(=O)C1CN(C)CC1OC(=O)c1ccccc1. The molecule has 0 aliphatic carbocycles. The molecule has 1 heterocycles. The first-order valence-electron chi connectivity index (χ1n) is 6.03. The largest absolute Gasteiger partial charge is 0.457 e. The molecule has 0 spiro atoms. The molecule has 0 radical (unpaired) electrons. The Bertz CT molecular complexity index is 444. The van der Waals surface area contributed by atoms with E-state index in [1.54, 1.807) is 31.2 Å². The summed E-state index contributed by atoms with van der Waals surface area (Å²) in [4.78, 5) is 25.4. The van der Waals surface area contributed by atoms with Gasteiger partial charge in [0.1, 0.15) is 11.9 Å². The average molecular weight is 247 g/mol. The lowest BCUT2D eigenvalue weighted by molar-refractivity contribution is -0.122. The molecule has 0 N–H and O–H groups in total. The number of likely N-dealkylation sites (N-methyl/N-ethyl adjacent to an activating group) is 1. The van der Waals surface area contributed by atoms with Gasteiger partial charge in [-0.05, 0) is 26.1 Å². The average Bonchev–Trinajstić information content (AvgIpc) is 2.71. The molecule has 4 heteroatoms. The van der Waals surface area contributed by atoms with Crippen molar-refractivity contribution in [3.63, 3.8) is 0 Å². The Balaban J connectivity index is 2.05. The molecule has 0 amide bonds. The molecule has 2 unspecified atom stereocenters. The summed E-state index contributed by atoms with van der Waals surface area (Å²) in [5.74, 6) is -0.491. The standard InChI is InChI=1S/C14H17NO3/c1-10(16)12-8-15(2)9-13(12)18-14(17)11-6-4-3-5-7-11/h3-7,12-13H,8-9H2,1-2H3. The van der Waals surface area contributed by atoms with Gasteiger partial charge in [0.15, 0.2) is 0 Å². The highest BCUT2D eigenvalue weighted by atomic mass is 16.5. The van der Waals surface area contributed by atoms with E-state index in [0.717, 1.165) is 0 Å². The number of ketones is 1. The van der Waals surface area contributed by atoms with E-state index in [2.05, 4.69) is 0 Å². The molecule has 96 valence electrons. The van der Waals surface area contributed by atoms with E-state index in [1.807, 2.05) is 18.0 Å². The molecule has 1 aliphatic rings. The Hall–Kier alpha value is -1.68. The lowest BCUT2D eigenvalue weighted by Gasteiger charge is -2.16. The predicted molar refractivity (Wildman–Crippen MR) is 67.3 cm³/mol. The van der Waals surface area contributed by atoms with Gasteiger partial charge < -0.3 is 9.64 Å². The number of esters is 1. The molecule has 0 bridgehead atoms. The van der Waals surface area contributed by atoms with Gasteiger partial charge in [-0.1, -0.05) is 18.2 Å². The number of Topliss-reactive ketones (excluding diaryl/α,β-unsaturated/α-hetero) is 1. The third-order valence-corrected chi connectivity index (χ3v) is 3.24. The van der Waals surface area contributed by atoms with Crippen LogP contribution in [0.2, 0.25) is 0 Å². The van der Waals surface area contributed by atoms with Crippen LogP contribution in [0.5, 0.6) is 0 Å². The van der Waals surface area contributed by atoms with E-state index in [-0.39, 0.29) is 23.8 Å². The zero-order chi connectivity index (χ0) is 13.1. The Labute approximate surface area is 107 Å². The zero-order valence-electron chi connectivity index (χ0n) is 10.6. The second kappa shape index (κ2) is 5.31. The summed E-state index contributed by atoms with van der Waals surface area (Å²) in [5, 5.41) is 0. The summed E-state index contributed by atoms with van der Waals surface area (Å²) in [6.45, 7) is 2.82. The highest BCUT2D eigenvalue weighted by molar-refractivity contribution is 5.90. The predicted octanol–water partition coefficient (Wildman–Crippen LogP) is 1.36. The van der Waals surface area contributed by atoms with Gasteiger partial charge in [-0.15, -0.1) is 0 Å². The van der Waals surface area contributed by atoms with E-state index in [1.165, 1.54) is 0 Å². The summed E-state index contributed by atoms with van der Waals surface area (Å²) in [6.07, 6.45) is -0.333. The molecule has 4 nitrogen and oxygen atoms in total. The molecule has 1 aromatic rings. The van der Waals surface area contributed by atoms with Crippen LogP contribution in [0.25, 0.3) is 0 Å². The van der Waals surface area contributed by atoms with E-state index in [4.69, 9.17) is 4.74 Å². The fourth-order valence-corrected chi connectivity index (χ4v) is 2.25. The normalized spacial score (nSPS) is 23.9. The number of hydrogen-bond acceptors (Lipinski definition) is 4. The maximum absolute atomic E-state index is 11.9. The monoisotopic (exact) mass is 247 g/mol. The minimum absolute atomic E-state index is 0.0743. The number of rotatable bonds is 3. The number of benzene rings is 1. The molecule has 2 rings (SSSR count). The third-order valence-electron chi connectivity index (χ3n) is 3.24. The van der Waals surface area contributed by atoms with Crippen LogP contribution in [0.4, 0.5) is 0 Å². The van der Waals surface area contributed by atoms with Gasteiger partial charge in [0.25, 0.3) is 0 Å². The zero-order valence-corrected chi connectivity index (χ0v) is 10.6. The van der Waals surface area contributed by atoms with E-state index in [9.17, 15) is 9.59 Å². The third kappa shape index (κ3) is 2.76. The van der Waals surface area contributed by atoms with Gasteiger partial charge in [0.2, 0.25) is 0 Å². The Morgan fingerprint density at radius 1 is 1.22 bits per heavy atom.